The Morgan fingerprint density at radius 1 is 1.19 bits per heavy atom. The van der Waals surface area contributed by atoms with Crippen LogP contribution in [0.5, 0.6) is 0 Å². The van der Waals surface area contributed by atoms with E-state index < -0.39 is 5.79 Å². The van der Waals surface area contributed by atoms with E-state index in [1.165, 1.54) is 0 Å². The highest BCUT2D eigenvalue weighted by molar-refractivity contribution is 7.98. The number of benzene rings is 1. The summed E-state index contributed by atoms with van der Waals surface area (Å²) in [7, 11) is 0. The molecule has 0 saturated carbocycles. The smallest absolute Gasteiger partial charge is 0.255 e. The molecule has 1 spiro atoms. The van der Waals surface area contributed by atoms with Crippen molar-refractivity contribution in [1.29, 1.82) is 0 Å². The Morgan fingerprint density at radius 3 is 2.43 bits per heavy atom. The molecule has 2 saturated heterocycles. The number of likely N-dealkylation sites (tertiary alicyclic amines) is 1. The highest BCUT2D eigenvalue weighted by Crippen LogP contribution is 2.38. The molecule has 2 aliphatic rings. The van der Waals surface area contributed by atoms with E-state index in [0.29, 0.717) is 26.3 Å². The van der Waals surface area contributed by atoms with E-state index in [-0.39, 0.29) is 11.3 Å². The van der Waals surface area contributed by atoms with Gasteiger partial charge in [-0.1, -0.05) is 12.1 Å². The third-order valence-electron chi connectivity index (χ3n) is 4.13. The number of carbonyl (C=O) groups is 1. The minimum absolute atomic E-state index is 0.0144. The zero-order chi connectivity index (χ0) is 15.1. The van der Waals surface area contributed by atoms with Crippen LogP contribution in [0.2, 0.25) is 0 Å². The van der Waals surface area contributed by atoms with Gasteiger partial charge in [-0.15, -0.1) is 11.8 Å². The second-order valence-electron chi connectivity index (χ2n) is 6.34. The number of amides is 1. The summed E-state index contributed by atoms with van der Waals surface area (Å²) in [4.78, 5) is 15.5. The lowest BCUT2D eigenvalue weighted by molar-refractivity contribution is -0.301. The van der Waals surface area contributed by atoms with Crippen LogP contribution in [0.25, 0.3) is 0 Å². The summed E-state index contributed by atoms with van der Waals surface area (Å²) in [6.45, 7) is 6.60. The van der Waals surface area contributed by atoms with Gasteiger partial charge in [-0.05, 0) is 32.2 Å². The lowest BCUT2D eigenvalue weighted by atomic mass is 9.80. The summed E-state index contributed by atoms with van der Waals surface area (Å²) >= 11 is 1.61. The molecule has 0 aromatic heterocycles. The SMILES string of the molecule is CSc1ccccc1C(=O)N1CC2(COC(C)(C)OC2)C1. The number of ether oxygens (including phenoxy) is 2. The topological polar surface area (TPSA) is 38.8 Å². The third kappa shape index (κ3) is 2.82. The molecule has 0 unspecified atom stereocenters. The van der Waals surface area contributed by atoms with Crippen molar-refractivity contribution in [3.8, 4) is 0 Å². The van der Waals surface area contributed by atoms with Gasteiger partial charge in [-0.25, -0.2) is 0 Å². The fraction of sp³-hybridized carbons (Fsp3) is 0.562. The number of hydrogen-bond donors (Lipinski definition) is 0. The Labute approximate surface area is 129 Å². The largest absolute Gasteiger partial charge is 0.350 e. The molecule has 0 N–H and O–H groups in total. The molecule has 1 aromatic rings. The first-order valence-corrected chi connectivity index (χ1v) is 8.37. The summed E-state index contributed by atoms with van der Waals surface area (Å²) in [6.07, 6.45) is 1.99. The van der Waals surface area contributed by atoms with E-state index in [9.17, 15) is 4.79 Å². The average Bonchev–Trinajstić information content (AvgIpc) is 2.45. The summed E-state index contributed by atoms with van der Waals surface area (Å²) in [5.74, 6) is -0.392. The molecule has 0 aliphatic carbocycles. The van der Waals surface area contributed by atoms with Gasteiger partial charge in [-0.2, -0.15) is 0 Å². The van der Waals surface area contributed by atoms with Crippen LogP contribution in [0.4, 0.5) is 0 Å². The molecule has 1 amide bonds. The molecule has 0 atom stereocenters. The van der Waals surface area contributed by atoms with E-state index in [0.717, 1.165) is 10.5 Å². The summed E-state index contributed by atoms with van der Waals surface area (Å²) in [5.41, 5.74) is 0.775. The molecule has 21 heavy (non-hydrogen) atoms. The second-order valence-corrected chi connectivity index (χ2v) is 7.19. The Kier molecular flexibility index (Phi) is 3.76. The lowest BCUT2D eigenvalue weighted by Gasteiger charge is -2.54. The van der Waals surface area contributed by atoms with Crippen LogP contribution in [0.3, 0.4) is 0 Å². The van der Waals surface area contributed by atoms with Crippen molar-refractivity contribution < 1.29 is 14.3 Å². The number of hydrogen-bond acceptors (Lipinski definition) is 4. The van der Waals surface area contributed by atoms with Crippen LogP contribution in [-0.2, 0) is 9.47 Å². The number of thioether (sulfide) groups is 1. The van der Waals surface area contributed by atoms with Gasteiger partial charge in [0.15, 0.2) is 5.79 Å². The standard InChI is InChI=1S/C16H21NO3S/c1-15(2)19-10-16(11-20-15)8-17(9-16)14(18)12-6-4-5-7-13(12)21-3/h4-7H,8-11H2,1-3H3. The minimum atomic E-state index is -0.499. The molecule has 5 heteroatoms. The molecular weight excluding hydrogens is 286 g/mol. The maximum absolute atomic E-state index is 12.6. The molecule has 114 valence electrons. The van der Waals surface area contributed by atoms with Crippen molar-refractivity contribution in [3.63, 3.8) is 0 Å². The maximum atomic E-state index is 12.6. The van der Waals surface area contributed by atoms with Gasteiger partial charge in [0, 0.05) is 18.0 Å². The van der Waals surface area contributed by atoms with Gasteiger partial charge < -0.3 is 14.4 Å². The van der Waals surface area contributed by atoms with Crippen molar-refractivity contribution in [3.05, 3.63) is 29.8 Å². The predicted octanol–water partition coefficient (Wildman–Crippen LogP) is 2.63. The average molecular weight is 307 g/mol. The summed E-state index contributed by atoms with van der Waals surface area (Å²) < 4.78 is 11.5. The molecule has 3 rings (SSSR count). The highest BCUT2D eigenvalue weighted by Gasteiger charge is 2.50. The van der Waals surface area contributed by atoms with Gasteiger partial charge in [0.2, 0.25) is 0 Å². The van der Waals surface area contributed by atoms with E-state index in [1.54, 1.807) is 11.8 Å². The van der Waals surface area contributed by atoms with Gasteiger partial charge in [0.05, 0.1) is 24.2 Å². The normalized spacial score (nSPS) is 22.9. The summed E-state index contributed by atoms with van der Waals surface area (Å²) in [5, 5.41) is 0. The molecule has 2 heterocycles. The van der Waals surface area contributed by atoms with Crippen LogP contribution in [0, 0.1) is 5.41 Å². The van der Waals surface area contributed by atoms with Crippen molar-refractivity contribution in [1.82, 2.24) is 4.90 Å². The Morgan fingerprint density at radius 2 is 1.81 bits per heavy atom. The fourth-order valence-electron chi connectivity index (χ4n) is 2.82. The molecule has 4 nitrogen and oxygen atoms in total. The van der Waals surface area contributed by atoms with Crippen molar-refractivity contribution >= 4 is 17.7 Å². The quantitative estimate of drug-likeness (QED) is 0.787. The summed E-state index contributed by atoms with van der Waals surface area (Å²) in [6, 6.07) is 7.77. The van der Waals surface area contributed by atoms with Crippen LogP contribution in [-0.4, -0.2) is 49.2 Å². The molecular formula is C16H21NO3S. The zero-order valence-electron chi connectivity index (χ0n) is 12.7. The Hall–Kier alpha value is -1.04. The van der Waals surface area contributed by atoms with Crippen LogP contribution < -0.4 is 0 Å². The third-order valence-corrected chi connectivity index (χ3v) is 4.92. The van der Waals surface area contributed by atoms with E-state index >= 15 is 0 Å². The Bertz CT molecular complexity index is 540. The van der Waals surface area contributed by atoms with Gasteiger partial charge in [0.25, 0.3) is 5.91 Å². The van der Waals surface area contributed by atoms with Crippen LogP contribution in [0.15, 0.2) is 29.2 Å². The monoisotopic (exact) mass is 307 g/mol. The molecule has 0 radical (unpaired) electrons. The van der Waals surface area contributed by atoms with Crippen LogP contribution >= 0.6 is 11.8 Å². The minimum Gasteiger partial charge on any atom is -0.350 e. The Balaban J connectivity index is 1.65. The number of rotatable bonds is 2. The van der Waals surface area contributed by atoms with E-state index in [2.05, 4.69) is 0 Å². The molecule has 0 bridgehead atoms. The molecule has 2 fully saturated rings. The molecule has 2 aliphatic heterocycles. The zero-order valence-corrected chi connectivity index (χ0v) is 13.5. The number of nitrogens with zero attached hydrogens (tertiary/aromatic N) is 1. The second kappa shape index (κ2) is 5.30. The van der Waals surface area contributed by atoms with Gasteiger partial charge >= 0.3 is 0 Å². The van der Waals surface area contributed by atoms with Crippen LogP contribution in [0.1, 0.15) is 24.2 Å². The lowest BCUT2D eigenvalue weighted by Crippen LogP contribution is -2.65. The first-order chi connectivity index (χ1) is 9.95. The maximum Gasteiger partial charge on any atom is 0.255 e. The first-order valence-electron chi connectivity index (χ1n) is 7.15. The first kappa shape index (κ1) is 14.9. The number of carbonyl (C=O) groups excluding carboxylic acids is 1. The van der Waals surface area contributed by atoms with Crippen molar-refractivity contribution in [2.45, 2.75) is 24.5 Å². The highest BCUT2D eigenvalue weighted by atomic mass is 32.2. The molecule has 1 aromatic carbocycles. The van der Waals surface area contributed by atoms with Gasteiger partial charge in [-0.3, -0.25) is 4.79 Å². The van der Waals surface area contributed by atoms with Crippen molar-refractivity contribution in [2.24, 2.45) is 5.41 Å². The van der Waals surface area contributed by atoms with E-state index in [4.69, 9.17) is 9.47 Å². The van der Waals surface area contributed by atoms with Gasteiger partial charge in [0.1, 0.15) is 0 Å². The van der Waals surface area contributed by atoms with E-state index in [1.807, 2.05) is 49.3 Å². The van der Waals surface area contributed by atoms with Crippen molar-refractivity contribution in [2.75, 3.05) is 32.6 Å². The fourth-order valence-corrected chi connectivity index (χ4v) is 3.41. The predicted molar refractivity (Wildman–Crippen MR) is 82.5 cm³/mol.